The van der Waals surface area contributed by atoms with Crippen LogP contribution >= 0.6 is 11.8 Å². The van der Waals surface area contributed by atoms with Crippen molar-refractivity contribution in [2.45, 2.75) is 24.5 Å². The number of para-hydroxylation sites is 1. The summed E-state index contributed by atoms with van der Waals surface area (Å²) < 4.78 is 32.0. The summed E-state index contributed by atoms with van der Waals surface area (Å²) in [5.41, 5.74) is 0.546. The van der Waals surface area contributed by atoms with E-state index in [0.717, 1.165) is 0 Å². The number of likely N-dealkylation sites (tertiary alicyclic amines) is 1. The Labute approximate surface area is 153 Å². The zero-order valence-electron chi connectivity index (χ0n) is 13.3. The van der Waals surface area contributed by atoms with Gasteiger partial charge in [0.05, 0.1) is 6.04 Å². The zero-order chi connectivity index (χ0) is 18.6. The lowest BCUT2D eigenvalue weighted by Crippen LogP contribution is -2.68. The second kappa shape index (κ2) is 5.96. The molecule has 11 heteroatoms. The summed E-state index contributed by atoms with van der Waals surface area (Å²) in [7, 11) is -4.60. The molecule has 0 aliphatic carbocycles. The van der Waals surface area contributed by atoms with Crippen molar-refractivity contribution in [2.75, 3.05) is 12.3 Å². The predicted octanol–water partition coefficient (Wildman–Crippen LogP) is -0.131. The number of aromatic hydroxyl groups is 1. The van der Waals surface area contributed by atoms with Gasteiger partial charge in [-0.15, -0.1) is 11.8 Å². The van der Waals surface area contributed by atoms with Gasteiger partial charge in [0.2, 0.25) is 5.91 Å². The molecular weight excluding hydrogens is 382 g/mol. The van der Waals surface area contributed by atoms with Gasteiger partial charge in [-0.25, -0.2) is 4.31 Å². The Morgan fingerprint density at radius 1 is 1.31 bits per heavy atom. The van der Waals surface area contributed by atoms with Gasteiger partial charge in [-0.1, -0.05) is 12.1 Å². The summed E-state index contributed by atoms with van der Waals surface area (Å²) >= 11 is 1.34. The van der Waals surface area contributed by atoms with Crippen molar-refractivity contribution < 1.29 is 27.7 Å². The highest BCUT2D eigenvalue weighted by Gasteiger charge is 2.60. The first kappa shape index (κ1) is 17.3. The van der Waals surface area contributed by atoms with Crippen LogP contribution in [0.2, 0.25) is 0 Å². The van der Waals surface area contributed by atoms with Gasteiger partial charge in [0.1, 0.15) is 22.9 Å². The fourth-order valence-electron chi connectivity index (χ4n) is 3.56. The number of fused-ring (bicyclic) bond motifs is 1. The lowest BCUT2D eigenvalue weighted by Gasteiger charge is -2.42. The van der Waals surface area contributed by atoms with Crippen LogP contribution in [0.25, 0.3) is 0 Å². The first-order valence-corrected chi connectivity index (χ1v) is 10.3. The summed E-state index contributed by atoms with van der Waals surface area (Å²) in [5.74, 6) is -0.684. The number of rotatable bonds is 3. The third-order valence-corrected chi connectivity index (χ3v) is 6.77. The Bertz CT molecular complexity index is 931. The van der Waals surface area contributed by atoms with E-state index in [-0.39, 0.29) is 24.6 Å². The molecule has 0 saturated carbocycles. The fraction of sp³-hybridized carbons (Fsp3) is 0.400. The van der Waals surface area contributed by atoms with E-state index in [1.165, 1.54) is 22.7 Å². The summed E-state index contributed by atoms with van der Waals surface area (Å²) in [6.07, 6.45) is 0.290. The first-order valence-electron chi connectivity index (χ1n) is 7.89. The number of amides is 2. The molecule has 1 aromatic rings. The molecular formula is C15H15N3O6S2. The number of nitrogens with zero attached hydrogens (tertiary/aromatic N) is 3. The Kier molecular flexibility index (Phi) is 3.97. The number of phenols is 1. The standard InChI is InChI=1S/C15H15N3O6S2/c19-11-4-2-1-3-8(11)13-16-9(7-25-13)14(20)17-6-5-10-12(17)15(21)18(10)26(22,23)24/h1-4,9-10,12,19H,5-7H2,(H,22,23,24)/t9-,10-,12+/m1/s1. The molecule has 26 heavy (non-hydrogen) atoms. The minimum atomic E-state index is -4.60. The monoisotopic (exact) mass is 397 g/mol. The van der Waals surface area contributed by atoms with Crippen LogP contribution in [-0.2, 0) is 19.9 Å². The second-order valence-corrected chi connectivity index (χ2v) is 8.52. The van der Waals surface area contributed by atoms with Crippen LogP contribution in [0.5, 0.6) is 5.75 Å². The Hall–Kier alpha value is -2.11. The summed E-state index contributed by atoms with van der Waals surface area (Å²) in [6, 6.07) is 4.43. The Morgan fingerprint density at radius 3 is 2.73 bits per heavy atom. The van der Waals surface area contributed by atoms with Crippen LogP contribution in [-0.4, -0.2) is 74.6 Å². The molecule has 0 unspecified atom stereocenters. The van der Waals surface area contributed by atoms with E-state index in [1.54, 1.807) is 18.2 Å². The van der Waals surface area contributed by atoms with Crippen molar-refractivity contribution >= 4 is 38.9 Å². The number of β-lactam (4-membered cyclic amide) rings is 1. The molecule has 138 valence electrons. The zero-order valence-corrected chi connectivity index (χ0v) is 15.0. The van der Waals surface area contributed by atoms with Crippen LogP contribution in [0.1, 0.15) is 12.0 Å². The number of carbonyl (C=O) groups is 2. The number of phenolic OH excluding ortho intramolecular Hbond substituents is 1. The molecule has 2 amide bonds. The lowest BCUT2D eigenvalue weighted by atomic mass is 10.00. The van der Waals surface area contributed by atoms with E-state index in [9.17, 15) is 23.1 Å². The van der Waals surface area contributed by atoms with Gasteiger partial charge in [-0.05, 0) is 18.6 Å². The molecule has 3 atom stereocenters. The number of hydrogen-bond acceptors (Lipinski definition) is 7. The molecule has 0 aromatic heterocycles. The average Bonchev–Trinajstić information content (AvgIpc) is 3.18. The number of hydrogen-bond donors (Lipinski definition) is 2. The summed E-state index contributed by atoms with van der Waals surface area (Å²) in [6.45, 7) is 0.231. The Balaban J connectivity index is 1.52. The van der Waals surface area contributed by atoms with Crippen molar-refractivity contribution in [3.63, 3.8) is 0 Å². The van der Waals surface area contributed by atoms with Crippen LogP contribution in [0.3, 0.4) is 0 Å². The molecule has 3 heterocycles. The molecule has 3 aliphatic heterocycles. The predicted molar refractivity (Wildman–Crippen MR) is 93.2 cm³/mol. The normalized spacial score (nSPS) is 28.0. The van der Waals surface area contributed by atoms with Gasteiger partial charge in [-0.2, -0.15) is 8.42 Å². The quantitative estimate of drug-likeness (QED) is 0.537. The van der Waals surface area contributed by atoms with E-state index < -0.39 is 34.3 Å². The first-order chi connectivity index (χ1) is 12.3. The third kappa shape index (κ3) is 2.58. The maximum absolute atomic E-state index is 12.8. The van der Waals surface area contributed by atoms with Gasteiger partial charge in [-0.3, -0.25) is 19.1 Å². The van der Waals surface area contributed by atoms with Crippen molar-refractivity contribution in [2.24, 2.45) is 4.99 Å². The number of carbonyl (C=O) groups excluding carboxylic acids is 2. The molecule has 2 saturated heterocycles. The van der Waals surface area contributed by atoms with Gasteiger partial charge < -0.3 is 10.0 Å². The van der Waals surface area contributed by atoms with Gasteiger partial charge in [0, 0.05) is 17.9 Å². The van der Waals surface area contributed by atoms with Crippen molar-refractivity contribution in [3.8, 4) is 5.75 Å². The van der Waals surface area contributed by atoms with E-state index in [2.05, 4.69) is 4.99 Å². The van der Waals surface area contributed by atoms with E-state index in [4.69, 9.17) is 4.55 Å². The molecule has 3 aliphatic rings. The molecule has 0 radical (unpaired) electrons. The third-order valence-electron chi connectivity index (χ3n) is 4.74. The van der Waals surface area contributed by atoms with Crippen LogP contribution in [0.15, 0.2) is 29.3 Å². The van der Waals surface area contributed by atoms with Crippen LogP contribution in [0.4, 0.5) is 0 Å². The van der Waals surface area contributed by atoms with E-state index in [0.29, 0.717) is 20.7 Å². The molecule has 4 rings (SSSR count). The van der Waals surface area contributed by atoms with Gasteiger partial charge in [0.15, 0.2) is 0 Å². The molecule has 9 nitrogen and oxygen atoms in total. The summed E-state index contributed by atoms with van der Waals surface area (Å²) in [5, 5.41) is 10.5. The average molecular weight is 397 g/mol. The largest absolute Gasteiger partial charge is 0.507 e. The number of aliphatic imine (C=N–C) groups is 1. The fourth-order valence-corrected chi connectivity index (χ4v) is 5.52. The molecule has 0 bridgehead atoms. The topological polar surface area (TPSA) is 128 Å². The molecule has 1 aromatic carbocycles. The molecule has 2 N–H and O–H groups in total. The Morgan fingerprint density at radius 2 is 2.04 bits per heavy atom. The van der Waals surface area contributed by atoms with Crippen molar-refractivity contribution in [3.05, 3.63) is 29.8 Å². The number of benzene rings is 1. The van der Waals surface area contributed by atoms with Crippen LogP contribution in [0, 0.1) is 0 Å². The minimum absolute atomic E-state index is 0.0750. The maximum Gasteiger partial charge on any atom is 0.362 e. The van der Waals surface area contributed by atoms with E-state index in [1.807, 2.05) is 0 Å². The smallest absolute Gasteiger partial charge is 0.362 e. The highest BCUT2D eigenvalue weighted by molar-refractivity contribution is 8.14. The maximum atomic E-state index is 12.8. The highest BCUT2D eigenvalue weighted by Crippen LogP contribution is 2.37. The van der Waals surface area contributed by atoms with E-state index >= 15 is 0 Å². The van der Waals surface area contributed by atoms with Gasteiger partial charge in [0.25, 0.3) is 5.91 Å². The minimum Gasteiger partial charge on any atom is -0.507 e. The van der Waals surface area contributed by atoms with Crippen LogP contribution < -0.4 is 0 Å². The second-order valence-electron chi connectivity index (χ2n) is 6.22. The molecule has 0 spiro atoms. The lowest BCUT2D eigenvalue weighted by molar-refractivity contribution is -0.151. The summed E-state index contributed by atoms with van der Waals surface area (Å²) in [4.78, 5) is 30.6. The molecule has 2 fully saturated rings. The number of thioether (sulfide) groups is 1. The highest BCUT2D eigenvalue weighted by atomic mass is 32.2. The van der Waals surface area contributed by atoms with Crippen molar-refractivity contribution in [1.29, 1.82) is 0 Å². The van der Waals surface area contributed by atoms with Gasteiger partial charge >= 0.3 is 10.3 Å². The van der Waals surface area contributed by atoms with Crippen molar-refractivity contribution in [1.82, 2.24) is 9.21 Å². The SMILES string of the molecule is O=C([C@H]1CSC(c2ccccc2O)=N1)N1CC[C@@H]2[C@H]1C(=O)N2S(=O)(=O)O.